The molecule has 0 saturated heterocycles. The van der Waals surface area contributed by atoms with Crippen LogP contribution >= 0.6 is 12.2 Å². The van der Waals surface area contributed by atoms with E-state index in [0.717, 1.165) is 39.1 Å². The number of carbonyl (C=O) groups excluding carboxylic acids is 3. The molecule has 3 amide bonds. The Morgan fingerprint density at radius 1 is 0.764 bits per heavy atom. The predicted molar refractivity (Wildman–Crippen MR) is 229 cm³/mol. The van der Waals surface area contributed by atoms with E-state index < -0.39 is 30.0 Å². The van der Waals surface area contributed by atoms with Crippen LogP contribution in [0.4, 0.5) is 0 Å². The van der Waals surface area contributed by atoms with Crippen molar-refractivity contribution in [2.75, 3.05) is 20.1 Å². The fourth-order valence-corrected chi connectivity index (χ4v) is 6.83. The highest BCUT2D eigenvalue weighted by molar-refractivity contribution is 7.80. The Bertz CT molecular complexity index is 1820. The van der Waals surface area contributed by atoms with Crippen LogP contribution in [0.25, 0.3) is 21.5 Å². The van der Waals surface area contributed by atoms with Gasteiger partial charge in [0.2, 0.25) is 17.7 Å². The quantitative estimate of drug-likeness (QED) is 0.0456. The number of rotatable bonds is 20. The molecule has 4 unspecified atom stereocenters. The van der Waals surface area contributed by atoms with E-state index in [4.69, 9.17) is 12.2 Å². The largest absolute Gasteiger partial charge is 0.390 e. The van der Waals surface area contributed by atoms with E-state index in [1.165, 1.54) is 0 Å². The number of hydrogen-bond acceptors (Lipinski definition) is 5. The summed E-state index contributed by atoms with van der Waals surface area (Å²) in [4.78, 5) is 41.6. The first-order chi connectivity index (χ1) is 26.5. The zero-order chi connectivity index (χ0) is 39.7. The molecule has 9 nitrogen and oxygen atoms in total. The van der Waals surface area contributed by atoms with Crippen LogP contribution in [0.3, 0.4) is 0 Å². The highest BCUT2D eigenvalue weighted by Gasteiger charge is 2.30. The minimum Gasteiger partial charge on any atom is -0.390 e. The normalized spacial score (nSPS) is 13.7. The summed E-state index contributed by atoms with van der Waals surface area (Å²) in [5.74, 6) is -0.982. The maximum Gasteiger partial charge on any atom is 0.243 e. The number of amides is 3. The van der Waals surface area contributed by atoms with Crippen molar-refractivity contribution < 1.29 is 19.5 Å². The molecule has 0 spiro atoms. The molecule has 4 atom stereocenters. The number of aliphatic hydroxyl groups excluding tert-OH is 1. The number of fused-ring (bicyclic) bond motifs is 2. The fourth-order valence-electron chi connectivity index (χ4n) is 6.75. The number of thiocarbonyl (C=S) groups is 1. The summed E-state index contributed by atoms with van der Waals surface area (Å²) in [6, 6.07) is 27.0. The molecule has 0 aliphatic rings. The van der Waals surface area contributed by atoms with Gasteiger partial charge in [0.05, 0.1) is 18.6 Å². The van der Waals surface area contributed by atoms with Gasteiger partial charge in [0.1, 0.15) is 6.04 Å². The van der Waals surface area contributed by atoms with Crippen LogP contribution in [-0.2, 0) is 27.2 Å². The standard InChI is InChI=1S/C45H59N5O4S/c1-6-31(4)29-48-42(52)28-41(51)40(25-30(2)3)50-44(54)39(23-11-12-24-47-45(55)46-5)49-43(53)36(26-34-19-13-17-32-15-7-9-21-37(32)34)27-35-20-14-18-33-16-8-10-22-38(33)35/h7-22,30-31,36,39-41,51H,6,23-29H2,1-5H3,(H,48,52)(H,49,53)(H,50,54)(H2,46,47,55)/b12-11-. The summed E-state index contributed by atoms with van der Waals surface area (Å²) in [7, 11) is 1.74. The van der Waals surface area contributed by atoms with Gasteiger partial charge in [0.25, 0.3) is 0 Å². The van der Waals surface area contributed by atoms with Gasteiger partial charge < -0.3 is 31.7 Å². The predicted octanol–water partition coefficient (Wildman–Crippen LogP) is 6.36. The van der Waals surface area contributed by atoms with E-state index in [2.05, 4.69) is 89.0 Å². The third-order valence-electron chi connectivity index (χ3n) is 10.1. The molecule has 55 heavy (non-hydrogen) atoms. The van der Waals surface area contributed by atoms with Gasteiger partial charge in [-0.25, -0.2) is 0 Å². The minimum atomic E-state index is -1.10. The first kappa shape index (κ1) is 42.9. The lowest BCUT2D eigenvalue weighted by atomic mass is 9.87. The molecule has 0 aliphatic carbocycles. The number of nitrogens with one attached hydrogen (secondary N) is 5. The number of benzene rings is 4. The van der Waals surface area contributed by atoms with Crippen LogP contribution in [0, 0.1) is 17.8 Å². The Morgan fingerprint density at radius 2 is 1.35 bits per heavy atom. The molecular formula is C45H59N5O4S. The van der Waals surface area contributed by atoms with E-state index in [1.807, 2.05) is 62.4 Å². The Labute approximate surface area is 332 Å². The van der Waals surface area contributed by atoms with E-state index in [1.54, 1.807) is 7.05 Å². The smallest absolute Gasteiger partial charge is 0.243 e. The monoisotopic (exact) mass is 765 g/mol. The third kappa shape index (κ3) is 13.5. The average Bonchev–Trinajstić information content (AvgIpc) is 3.18. The summed E-state index contributed by atoms with van der Waals surface area (Å²) >= 11 is 5.19. The topological polar surface area (TPSA) is 132 Å². The van der Waals surface area contributed by atoms with Crippen molar-refractivity contribution in [2.24, 2.45) is 17.8 Å². The fraction of sp³-hybridized carbons (Fsp3) is 0.422. The van der Waals surface area contributed by atoms with Gasteiger partial charge in [-0.05, 0) is 82.4 Å². The van der Waals surface area contributed by atoms with Crippen LogP contribution in [0.2, 0.25) is 0 Å². The second kappa shape index (κ2) is 21.9. The summed E-state index contributed by atoms with van der Waals surface area (Å²) in [5, 5.41) is 31.1. The zero-order valence-corrected chi connectivity index (χ0v) is 33.8. The van der Waals surface area contributed by atoms with Crippen LogP contribution in [0.1, 0.15) is 64.5 Å². The number of aliphatic hydroxyl groups is 1. The van der Waals surface area contributed by atoms with Crippen LogP contribution in [-0.4, -0.2) is 66.3 Å². The van der Waals surface area contributed by atoms with Crippen molar-refractivity contribution in [1.29, 1.82) is 0 Å². The van der Waals surface area contributed by atoms with Crippen molar-refractivity contribution in [3.8, 4) is 0 Å². The molecule has 0 heterocycles. The molecule has 0 aromatic heterocycles. The lowest BCUT2D eigenvalue weighted by Gasteiger charge is -2.29. The molecule has 0 bridgehead atoms. The van der Waals surface area contributed by atoms with E-state index in [0.29, 0.717) is 43.4 Å². The zero-order valence-electron chi connectivity index (χ0n) is 32.9. The molecule has 0 radical (unpaired) electrons. The maximum atomic E-state index is 14.6. The van der Waals surface area contributed by atoms with Gasteiger partial charge in [-0.15, -0.1) is 0 Å². The third-order valence-corrected chi connectivity index (χ3v) is 10.4. The molecule has 0 fully saturated rings. The van der Waals surface area contributed by atoms with Crippen LogP contribution < -0.4 is 26.6 Å². The molecular weight excluding hydrogens is 707 g/mol. The highest BCUT2D eigenvalue weighted by atomic mass is 32.1. The maximum absolute atomic E-state index is 14.6. The first-order valence-electron chi connectivity index (χ1n) is 19.6. The van der Waals surface area contributed by atoms with Crippen LogP contribution in [0.5, 0.6) is 0 Å². The second-order valence-electron chi connectivity index (χ2n) is 14.9. The summed E-state index contributed by atoms with van der Waals surface area (Å²) in [6.07, 6.45) is 4.99. The SMILES string of the molecule is CCC(C)CNC(=O)CC(O)C(CC(C)C)NC(=O)C(C/C=C\CNC(=S)NC)NC(=O)C(Cc1cccc2ccccc12)Cc1cccc2ccccc12. The van der Waals surface area contributed by atoms with Gasteiger partial charge in [0.15, 0.2) is 5.11 Å². The van der Waals surface area contributed by atoms with Crippen molar-refractivity contribution in [3.05, 3.63) is 108 Å². The minimum absolute atomic E-state index is 0.129. The molecule has 0 aliphatic heterocycles. The lowest BCUT2D eigenvalue weighted by molar-refractivity contribution is -0.132. The van der Waals surface area contributed by atoms with E-state index in [-0.39, 0.29) is 30.6 Å². The summed E-state index contributed by atoms with van der Waals surface area (Å²) < 4.78 is 0. The molecule has 6 N–H and O–H groups in total. The molecule has 10 heteroatoms. The number of carbonyl (C=O) groups is 3. The Morgan fingerprint density at radius 3 is 1.91 bits per heavy atom. The van der Waals surface area contributed by atoms with Gasteiger partial charge in [-0.1, -0.05) is 131 Å². The molecule has 4 aromatic carbocycles. The molecule has 0 saturated carbocycles. The lowest BCUT2D eigenvalue weighted by Crippen LogP contribution is -2.54. The molecule has 4 rings (SSSR count). The highest BCUT2D eigenvalue weighted by Crippen LogP contribution is 2.26. The van der Waals surface area contributed by atoms with Gasteiger partial charge in [-0.3, -0.25) is 14.4 Å². The summed E-state index contributed by atoms with van der Waals surface area (Å²) in [5.41, 5.74) is 2.11. The van der Waals surface area contributed by atoms with Crippen LogP contribution in [0.15, 0.2) is 97.1 Å². The van der Waals surface area contributed by atoms with Gasteiger partial charge in [-0.2, -0.15) is 0 Å². The average molecular weight is 766 g/mol. The number of hydrogen-bond donors (Lipinski definition) is 6. The molecule has 4 aromatic rings. The van der Waals surface area contributed by atoms with Crippen molar-refractivity contribution in [3.63, 3.8) is 0 Å². The Kier molecular flexibility index (Phi) is 17.1. The first-order valence-corrected chi connectivity index (χ1v) is 20.0. The summed E-state index contributed by atoms with van der Waals surface area (Å²) in [6.45, 7) is 9.09. The van der Waals surface area contributed by atoms with Crippen molar-refractivity contribution in [2.45, 2.75) is 84.4 Å². The molecule has 294 valence electrons. The van der Waals surface area contributed by atoms with Crippen molar-refractivity contribution >= 4 is 56.6 Å². The van der Waals surface area contributed by atoms with Gasteiger partial charge >= 0.3 is 0 Å². The second-order valence-corrected chi connectivity index (χ2v) is 15.4. The van der Waals surface area contributed by atoms with Gasteiger partial charge in [0, 0.05) is 26.1 Å². The Balaban J connectivity index is 1.62. The van der Waals surface area contributed by atoms with Crippen molar-refractivity contribution in [1.82, 2.24) is 26.6 Å². The Hall–Kier alpha value is -4.80. The van der Waals surface area contributed by atoms with E-state index >= 15 is 0 Å². The van der Waals surface area contributed by atoms with E-state index in [9.17, 15) is 19.5 Å².